The number of hydrogen-bond donors (Lipinski definition) is 1. The van der Waals surface area contributed by atoms with Crippen molar-refractivity contribution >= 4 is 22.5 Å². The van der Waals surface area contributed by atoms with Crippen molar-refractivity contribution in [1.82, 2.24) is 30.1 Å². The molecule has 1 aliphatic rings. The molecule has 2 aromatic carbocycles. The number of rotatable bonds is 10. The van der Waals surface area contributed by atoms with Crippen molar-refractivity contribution in [1.29, 1.82) is 0 Å². The van der Waals surface area contributed by atoms with Gasteiger partial charge in [-0.2, -0.15) is 0 Å². The number of nitrogens with zero attached hydrogens (tertiary/aromatic N) is 5. The van der Waals surface area contributed by atoms with Crippen molar-refractivity contribution in [2.45, 2.75) is 52.0 Å². The molecule has 10 heteroatoms. The zero-order valence-corrected chi connectivity index (χ0v) is 20.9. The summed E-state index contributed by atoms with van der Waals surface area (Å²) in [6, 6.07) is 15.3. The Kier molecular flexibility index (Phi) is 7.60. The molecule has 0 radical (unpaired) electrons. The molecule has 0 amide bonds. The van der Waals surface area contributed by atoms with Gasteiger partial charge in [-0.05, 0) is 66.1 Å². The van der Waals surface area contributed by atoms with E-state index in [1.807, 2.05) is 55.5 Å². The minimum atomic E-state index is -0.130. The van der Waals surface area contributed by atoms with Crippen LogP contribution < -0.4 is 10.3 Å². The smallest absolute Gasteiger partial charge is 0.252 e. The summed E-state index contributed by atoms with van der Waals surface area (Å²) in [6.45, 7) is 5.28. The van der Waals surface area contributed by atoms with Crippen molar-refractivity contribution in [3.63, 3.8) is 0 Å². The number of ether oxygens (including phenoxy) is 2. The largest absolute Gasteiger partial charge is 0.494 e. The van der Waals surface area contributed by atoms with E-state index in [-0.39, 0.29) is 11.7 Å². The van der Waals surface area contributed by atoms with E-state index in [9.17, 15) is 4.79 Å². The summed E-state index contributed by atoms with van der Waals surface area (Å²) in [6.07, 6.45) is 2.17. The molecule has 0 aliphatic carbocycles. The summed E-state index contributed by atoms with van der Waals surface area (Å²) in [5.74, 6) is 1.48. The van der Waals surface area contributed by atoms with Gasteiger partial charge in [-0.15, -0.1) is 5.10 Å². The highest BCUT2D eigenvalue weighted by Gasteiger charge is 2.21. The van der Waals surface area contributed by atoms with E-state index in [4.69, 9.17) is 21.1 Å². The van der Waals surface area contributed by atoms with Crippen LogP contribution >= 0.6 is 11.6 Å². The number of pyridine rings is 1. The second kappa shape index (κ2) is 11.2. The third-order valence-electron chi connectivity index (χ3n) is 6.32. The molecule has 0 spiro atoms. The number of aromatic amines is 1. The number of aromatic nitrogens is 5. The fourth-order valence-corrected chi connectivity index (χ4v) is 4.73. The lowest BCUT2D eigenvalue weighted by atomic mass is 10.1. The molecule has 1 atom stereocenters. The molecule has 188 valence electrons. The number of hydrogen-bond acceptors (Lipinski definition) is 7. The summed E-state index contributed by atoms with van der Waals surface area (Å²) in [4.78, 5) is 18.1. The highest BCUT2D eigenvalue weighted by molar-refractivity contribution is 6.31. The average Bonchev–Trinajstić information content (AvgIpc) is 3.54. The van der Waals surface area contributed by atoms with E-state index in [0.29, 0.717) is 49.2 Å². The number of fused-ring (bicyclic) bond motifs is 1. The SMILES string of the molecule is CCOc1ccc2[nH]c(=O)c(CN(Cc3ccccc3Cl)Cc3nnnn3C[C@@H]3CCCO3)cc2c1. The van der Waals surface area contributed by atoms with Crippen LogP contribution in [-0.2, 0) is 30.9 Å². The van der Waals surface area contributed by atoms with Crippen molar-refractivity contribution in [3.05, 3.63) is 80.9 Å². The third kappa shape index (κ3) is 5.75. The molecular weight excluding hydrogens is 480 g/mol. The molecule has 5 rings (SSSR count). The number of H-pyrrole nitrogens is 1. The zero-order valence-electron chi connectivity index (χ0n) is 20.2. The fraction of sp³-hybridized carbons (Fsp3) is 0.385. The molecule has 1 saturated heterocycles. The van der Waals surface area contributed by atoms with E-state index >= 15 is 0 Å². The van der Waals surface area contributed by atoms with Gasteiger partial charge in [0.2, 0.25) is 0 Å². The highest BCUT2D eigenvalue weighted by atomic mass is 35.5. The van der Waals surface area contributed by atoms with Crippen LogP contribution in [0.15, 0.2) is 53.3 Å². The van der Waals surface area contributed by atoms with Crippen LogP contribution in [0.3, 0.4) is 0 Å². The first-order chi connectivity index (χ1) is 17.6. The molecule has 1 fully saturated rings. The quantitative estimate of drug-likeness (QED) is 0.346. The normalized spacial score (nSPS) is 15.7. The Morgan fingerprint density at radius 2 is 2.03 bits per heavy atom. The van der Waals surface area contributed by atoms with Gasteiger partial charge in [0, 0.05) is 41.2 Å². The molecule has 1 N–H and O–H groups in total. The minimum Gasteiger partial charge on any atom is -0.494 e. The maximum atomic E-state index is 13.0. The van der Waals surface area contributed by atoms with E-state index in [1.54, 1.807) is 4.68 Å². The van der Waals surface area contributed by atoms with Crippen LogP contribution in [0.1, 0.15) is 36.7 Å². The van der Waals surface area contributed by atoms with Gasteiger partial charge in [0.25, 0.3) is 5.56 Å². The maximum absolute atomic E-state index is 13.0. The van der Waals surface area contributed by atoms with Crippen molar-refractivity contribution in [2.75, 3.05) is 13.2 Å². The molecule has 9 nitrogen and oxygen atoms in total. The molecule has 1 aliphatic heterocycles. The average molecular weight is 509 g/mol. The molecular formula is C26H29ClN6O3. The first-order valence-corrected chi connectivity index (χ1v) is 12.6. The van der Waals surface area contributed by atoms with Gasteiger partial charge in [-0.25, -0.2) is 4.68 Å². The predicted molar refractivity (Wildman–Crippen MR) is 137 cm³/mol. The second-order valence-electron chi connectivity index (χ2n) is 8.95. The van der Waals surface area contributed by atoms with Crippen LogP contribution in [-0.4, -0.2) is 49.4 Å². The first-order valence-electron chi connectivity index (χ1n) is 12.2. The molecule has 36 heavy (non-hydrogen) atoms. The topological polar surface area (TPSA) is 98.2 Å². The maximum Gasteiger partial charge on any atom is 0.252 e. The van der Waals surface area contributed by atoms with Crippen LogP contribution in [0.2, 0.25) is 5.02 Å². The predicted octanol–water partition coefficient (Wildman–Crippen LogP) is 3.95. The van der Waals surface area contributed by atoms with Gasteiger partial charge in [-0.3, -0.25) is 9.69 Å². The Hall–Kier alpha value is -3.27. The fourth-order valence-electron chi connectivity index (χ4n) is 4.54. The lowest BCUT2D eigenvalue weighted by Crippen LogP contribution is -2.29. The third-order valence-corrected chi connectivity index (χ3v) is 6.69. The van der Waals surface area contributed by atoms with Crippen molar-refractivity contribution < 1.29 is 9.47 Å². The van der Waals surface area contributed by atoms with E-state index < -0.39 is 0 Å². The monoisotopic (exact) mass is 508 g/mol. The zero-order chi connectivity index (χ0) is 24.9. The highest BCUT2D eigenvalue weighted by Crippen LogP contribution is 2.22. The Morgan fingerprint density at radius 1 is 1.17 bits per heavy atom. The summed E-state index contributed by atoms with van der Waals surface area (Å²) >= 11 is 6.48. The van der Waals surface area contributed by atoms with Gasteiger partial charge in [0.15, 0.2) is 5.82 Å². The lowest BCUT2D eigenvalue weighted by Gasteiger charge is -2.23. The van der Waals surface area contributed by atoms with Crippen molar-refractivity contribution in [3.8, 4) is 5.75 Å². The Morgan fingerprint density at radius 3 is 2.83 bits per heavy atom. The first kappa shape index (κ1) is 24.4. The number of benzene rings is 2. The summed E-state index contributed by atoms with van der Waals surface area (Å²) in [5.41, 5.74) is 2.25. The van der Waals surface area contributed by atoms with Crippen LogP contribution in [0, 0.1) is 0 Å². The Bertz CT molecular complexity index is 1380. The van der Waals surface area contributed by atoms with Crippen molar-refractivity contribution in [2.24, 2.45) is 0 Å². The van der Waals surface area contributed by atoms with E-state index in [1.165, 1.54) is 0 Å². The number of nitrogens with one attached hydrogen (secondary N) is 1. The van der Waals surface area contributed by atoms with Gasteiger partial charge in [-0.1, -0.05) is 29.8 Å². The van der Waals surface area contributed by atoms with Gasteiger partial charge in [0.05, 0.1) is 25.8 Å². The van der Waals surface area contributed by atoms with Crippen LogP contribution in [0.4, 0.5) is 0 Å². The molecule has 0 bridgehead atoms. The van der Waals surface area contributed by atoms with Crippen LogP contribution in [0.25, 0.3) is 10.9 Å². The van der Waals surface area contributed by atoms with Gasteiger partial charge < -0.3 is 14.5 Å². The molecule has 3 heterocycles. The lowest BCUT2D eigenvalue weighted by molar-refractivity contribution is 0.0914. The molecule has 0 unspecified atom stereocenters. The number of halogens is 1. The number of tetrazole rings is 1. The van der Waals surface area contributed by atoms with Crippen LogP contribution in [0.5, 0.6) is 5.75 Å². The summed E-state index contributed by atoms with van der Waals surface area (Å²) < 4.78 is 13.2. The standard InChI is InChI=1S/C26H29ClN6O3/c1-2-35-21-9-10-24-19(13-21)12-20(26(34)28-24)15-32(14-18-6-3-4-8-23(18)27)17-25-29-30-31-33(25)16-22-7-5-11-36-22/h3-4,6,8-10,12-13,22H,2,5,7,11,14-17H2,1H3,(H,28,34)/t22-/m0/s1. The summed E-state index contributed by atoms with van der Waals surface area (Å²) in [5, 5.41) is 14.0. The molecule has 0 saturated carbocycles. The minimum absolute atomic E-state index is 0.118. The molecule has 2 aromatic heterocycles. The second-order valence-corrected chi connectivity index (χ2v) is 9.36. The summed E-state index contributed by atoms with van der Waals surface area (Å²) in [7, 11) is 0. The van der Waals surface area contributed by atoms with E-state index in [0.717, 1.165) is 41.7 Å². The Balaban J connectivity index is 1.44. The Labute approximate surface area is 214 Å². The van der Waals surface area contributed by atoms with E-state index in [2.05, 4.69) is 25.4 Å². The van der Waals surface area contributed by atoms with Gasteiger partial charge >= 0.3 is 0 Å². The van der Waals surface area contributed by atoms with Gasteiger partial charge in [0.1, 0.15) is 5.75 Å². The molecule has 4 aromatic rings.